The number of pyridine rings is 1. The molecule has 34 heavy (non-hydrogen) atoms. The number of sulfone groups is 1. The lowest BCUT2D eigenvalue weighted by Crippen LogP contribution is -2.31. The number of carbonyl (C=O) groups excluding carboxylic acids is 1. The lowest BCUT2D eigenvalue weighted by Gasteiger charge is -2.19. The van der Waals surface area contributed by atoms with E-state index in [4.69, 9.17) is 0 Å². The quantitative estimate of drug-likeness (QED) is 0.530. The van der Waals surface area contributed by atoms with Gasteiger partial charge >= 0.3 is 0 Å². The molecule has 9 nitrogen and oxygen atoms in total. The van der Waals surface area contributed by atoms with Gasteiger partial charge in [0.05, 0.1) is 23.6 Å². The Balaban J connectivity index is 1.39. The SMILES string of the molecule is CC(C)N1Cc2c(NCc3cnc4ccccc4c3)nc(NCC3CCS(=O)(=O)C3)nc2C1=O. The van der Waals surface area contributed by atoms with Gasteiger partial charge in [0, 0.05) is 36.3 Å². The van der Waals surface area contributed by atoms with Crippen molar-refractivity contribution in [2.24, 2.45) is 5.92 Å². The standard InChI is InChI=1S/C24H28N6O3S/c1-15(2)30-13-19-21(23(30)31)28-24(27-10-16-7-8-34(32,33)14-16)29-22(19)26-12-17-9-18-5-3-4-6-20(18)25-11-17/h3-6,9,11,15-16H,7-8,10,12-14H2,1-2H3,(H2,26,27,28,29). The fourth-order valence-electron chi connectivity index (χ4n) is 4.50. The Bertz CT molecular complexity index is 1360. The Labute approximate surface area is 198 Å². The van der Waals surface area contributed by atoms with Crippen LogP contribution in [0.3, 0.4) is 0 Å². The van der Waals surface area contributed by atoms with E-state index < -0.39 is 9.84 Å². The molecule has 0 bridgehead atoms. The van der Waals surface area contributed by atoms with Gasteiger partial charge in [0.15, 0.2) is 9.84 Å². The summed E-state index contributed by atoms with van der Waals surface area (Å²) in [6, 6.07) is 10.1. The van der Waals surface area contributed by atoms with Crippen molar-refractivity contribution < 1.29 is 13.2 Å². The third-order valence-electron chi connectivity index (χ3n) is 6.41. The van der Waals surface area contributed by atoms with E-state index in [9.17, 15) is 13.2 Å². The van der Waals surface area contributed by atoms with E-state index in [0.717, 1.165) is 22.0 Å². The number of fused-ring (bicyclic) bond motifs is 2. The van der Waals surface area contributed by atoms with Gasteiger partial charge in [-0.25, -0.2) is 13.4 Å². The number of aromatic nitrogens is 3. The van der Waals surface area contributed by atoms with E-state index in [2.05, 4.69) is 31.7 Å². The molecule has 1 atom stereocenters. The van der Waals surface area contributed by atoms with E-state index >= 15 is 0 Å². The smallest absolute Gasteiger partial charge is 0.273 e. The molecule has 0 aliphatic carbocycles. The van der Waals surface area contributed by atoms with E-state index in [-0.39, 0.29) is 29.4 Å². The second-order valence-corrected chi connectivity index (χ2v) is 11.5. The minimum Gasteiger partial charge on any atom is -0.365 e. The number of nitrogens with one attached hydrogen (secondary N) is 2. The number of nitrogens with zero attached hydrogens (tertiary/aromatic N) is 4. The van der Waals surface area contributed by atoms with Gasteiger partial charge in [0.1, 0.15) is 11.5 Å². The second-order valence-electron chi connectivity index (χ2n) is 9.29. The molecule has 1 amide bonds. The monoisotopic (exact) mass is 480 g/mol. The predicted molar refractivity (Wildman–Crippen MR) is 131 cm³/mol. The zero-order valence-corrected chi connectivity index (χ0v) is 20.1. The molecule has 1 aromatic carbocycles. The zero-order valence-electron chi connectivity index (χ0n) is 19.3. The molecular formula is C24H28N6O3S. The largest absolute Gasteiger partial charge is 0.365 e. The summed E-state index contributed by atoms with van der Waals surface area (Å²) in [6.07, 6.45) is 2.46. The van der Waals surface area contributed by atoms with Crippen molar-refractivity contribution in [2.75, 3.05) is 28.7 Å². The first-order valence-electron chi connectivity index (χ1n) is 11.5. The van der Waals surface area contributed by atoms with E-state index in [1.165, 1.54) is 0 Å². The van der Waals surface area contributed by atoms with Crippen LogP contribution in [0.15, 0.2) is 36.5 Å². The Kier molecular flexibility index (Phi) is 5.85. The van der Waals surface area contributed by atoms with Gasteiger partial charge in [-0.15, -0.1) is 0 Å². The predicted octanol–water partition coefficient (Wildman–Crippen LogP) is 2.85. The molecule has 178 valence electrons. The molecular weight excluding hydrogens is 452 g/mol. The highest BCUT2D eigenvalue weighted by atomic mass is 32.2. The number of hydrogen-bond acceptors (Lipinski definition) is 8. The molecule has 5 rings (SSSR count). The molecule has 4 heterocycles. The molecule has 2 aliphatic heterocycles. The number of para-hydroxylation sites is 1. The van der Waals surface area contributed by atoms with Gasteiger partial charge in [0.2, 0.25) is 5.95 Å². The summed E-state index contributed by atoms with van der Waals surface area (Å²) in [6.45, 7) is 5.35. The minimum absolute atomic E-state index is 0.0183. The molecule has 1 unspecified atom stereocenters. The maximum atomic E-state index is 13.0. The summed E-state index contributed by atoms with van der Waals surface area (Å²) in [4.78, 5) is 28.5. The van der Waals surface area contributed by atoms with Crippen LogP contribution < -0.4 is 10.6 Å². The lowest BCUT2D eigenvalue weighted by molar-refractivity contribution is 0.0726. The lowest BCUT2D eigenvalue weighted by atomic mass is 10.1. The summed E-state index contributed by atoms with van der Waals surface area (Å²) in [7, 11) is -2.96. The number of benzene rings is 1. The molecule has 2 N–H and O–H groups in total. The molecule has 0 saturated carbocycles. The molecule has 10 heteroatoms. The van der Waals surface area contributed by atoms with Crippen LogP contribution in [-0.4, -0.2) is 58.3 Å². The topological polar surface area (TPSA) is 117 Å². The first-order valence-corrected chi connectivity index (χ1v) is 13.3. The van der Waals surface area contributed by atoms with Crippen LogP contribution in [0.2, 0.25) is 0 Å². The van der Waals surface area contributed by atoms with Gasteiger partial charge in [-0.1, -0.05) is 18.2 Å². The van der Waals surface area contributed by atoms with Crippen LogP contribution in [0.25, 0.3) is 10.9 Å². The van der Waals surface area contributed by atoms with Crippen molar-refractivity contribution in [1.82, 2.24) is 19.9 Å². The fourth-order valence-corrected chi connectivity index (χ4v) is 6.36. The van der Waals surface area contributed by atoms with Crippen LogP contribution >= 0.6 is 0 Å². The third-order valence-corrected chi connectivity index (χ3v) is 8.24. The maximum Gasteiger partial charge on any atom is 0.273 e. The zero-order chi connectivity index (χ0) is 23.9. The van der Waals surface area contributed by atoms with Crippen molar-refractivity contribution in [3.05, 3.63) is 53.3 Å². The third kappa shape index (κ3) is 4.54. The summed E-state index contributed by atoms with van der Waals surface area (Å²) >= 11 is 0. The van der Waals surface area contributed by atoms with Crippen molar-refractivity contribution in [3.8, 4) is 0 Å². The maximum absolute atomic E-state index is 13.0. The molecule has 2 aliphatic rings. The second kappa shape index (κ2) is 8.83. The van der Waals surface area contributed by atoms with Crippen LogP contribution in [0.5, 0.6) is 0 Å². The molecule has 0 spiro atoms. The van der Waals surface area contributed by atoms with Crippen LogP contribution in [0.1, 0.15) is 41.9 Å². The first-order chi connectivity index (χ1) is 16.3. The Hall–Kier alpha value is -3.27. The first kappa shape index (κ1) is 22.5. The molecule has 1 fully saturated rings. The molecule has 1 saturated heterocycles. The number of rotatable bonds is 7. The Morgan fingerprint density at radius 3 is 2.76 bits per heavy atom. The number of hydrogen-bond donors (Lipinski definition) is 2. The fraction of sp³-hybridized carbons (Fsp3) is 0.417. The van der Waals surface area contributed by atoms with E-state index in [0.29, 0.717) is 43.5 Å². The Morgan fingerprint density at radius 1 is 1.18 bits per heavy atom. The van der Waals surface area contributed by atoms with Crippen molar-refractivity contribution in [3.63, 3.8) is 0 Å². The average Bonchev–Trinajstić information content (AvgIpc) is 3.34. The number of anilines is 2. The van der Waals surface area contributed by atoms with Gasteiger partial charge in [0.25, 0.3) is 5.91 Å². The summed E-state index contributed by atoms with van der Waals surface area (Å²) in [5, 5.41) is 7.61. The minimum atomic E-state index is -2.96. The molecule has 3 aromatic rings. The summed E-state index contributed by atoms with van der Waals surface area (Å²) in [5.74, 6) is 1.24. The number of amides is 1. The molecule has 0 radical (unpaired) electrons. The van der Waals surface area contributed by atoms with E-state index in [1.807, 2.05) is 44.3 Å². The van der Waals surface area contributed by atoms with Gasteiger partial charge in [-0.3, -0.25) is 9.78 Å². The highest BCUT2D eigenvalue weighted by Crippen LogP contribution is 2.30. The number of carbonyl (C=O) groups is 1. The highest BCUT2D eigenvalue weighted by Gasteiger charge is 2.34. The highest BCUT2D eigenvalue weighted by molar-refractivity contribution is 7.91. The van der Waals surface area contributed by atoms with Gasteiger partial charge < -0.3 is 15.5 Å². The van der Waals surface area contributed by atoms with E-state index in [1.54, 1.807) is 4.90 Å². The van der Waals surface area contributed by atoms with Crippen molar-refractivity contribution in [1.29, 1.82) is 0 Å². The average molecular weight is 481 g/mol. The van der Waals surface area contributed by atoms with Gasteiger partial charge in [-0.2, -0.15) is 4.98 Å². The normalized spacial score (nSPS) is 19.1. The molecule has 2 aromatic heterocycles. The van der Waals surface area contributed by atoms with Crippen LogP contribution in [0, 0.1) is 5.92 Å². The van der Waals surface area contributed by atoms with Crippen LogP contribution in [-0.2, 0) is 22.9 Å². The Morgan fingerprint density at radius 2 is 2.00 bits per heavy atom. The van der Waals surface area contributed by atoms with Crippen LogP contribution in [0.4, 0.5) is 11.8 Å². The summed E-state index contributed by atoms with van der Waals surface area (Å²) in [5.41, 5.74) is 3.11. The van der Waals surface area contributed by atoms with Crippen molar-refractivity contribution in [2.45, 2.75) is 39.4 Å². The van der Waals surface area contributed by atoms with Crippen molar-refractivity contribution >= 4 is 38.4 Å². The van der Waals surface area contributed by atoms with Gasteiger partial charge in [-0.05, 0) is 43.9 Å². The summed E-state index contributed by atoms with van der Waals surface area (Å²) < 4.78 is 23.6.